The van der Waals surface area contributed by atoms with Crippen molar-refractivity contribution in [2.24, 2.45) is 0 Å². The highest BCUT2D eigenvalue weighted by atomic mass is 32.2. The molecule has 17 heteroatoms. The molecule has 4 rings (SSSR count). The number of imidazole rings is 1. The van der Waals surface area contributed by atoms with Crippen LogP contribution >= 0.6 is 11.8 Å². The summed E-state index contributed by atoms with van der Waals surface area (Å²) in [5, 5.41) is 40.3. The van der Waals surface area contributed by atoms with Crippen LogP contribution in [0.4, 0.5) is 25.8 Å². The second-order valence-corrected chi connectivity index (χ2v) is 8.49. The van der Waals surface area contributed by atoms with E-state index in [9.17, 15) is 43.9 Å². The van der Waals surface area contributed by atoms with E-state index in [0.717, 1.165) is 16.3 Å². The van der Waals surface area contributed by atoms with Crippen molar-refractivity contribution in [2.45, 2.75) is 11.7 Å². The van der Waals surface area contributed by atoms with Gasteiger partial charge in [0.05, 0.1) is 56.4 Å². The quantitative estimate of drug-likeness (QED) is 0.114. The number of benzene rings is 3. The normalized spacial score (nSPS) is 10.6. The Balaban J connectivity index is 0.000000241. The largest absolute Gasteiger partial charge is 0.497 e. The topological polar surface area (TPSA) is 194 Å². The zero-order valence-corrected chi connectivity index (χ0v) is 21.0. The first-order valence-corrected chi connectivity index (χ1v) is 11.8. The van der Waals surface area contributed by atoms with Crippen LogP contribution in [0.2, 0.25) is 0 Å². The maximum Gasteiger partial charge on any atom is 0.324 e. The first kappa shape index (κ1) is 29.4. The highest BCUT2D eigenvalue weighted by Gasteiger charge is 2.30. The lowest BCUT2D eigenvalue weighted by Gasteiger charge is -2.08. The fourth-order valence-corrected chi connectivity index (χ4v) is 4.26. The molecule has 1 heterocycles. The van der Waals surface area contributed by atoms with Crippen LogP contribution in [-0.4, -0.2) is 48.1 Å². The maximum absolute atomic E-state index is 13.4. The number of nitrogens with zero attached hydrogens (tertiary/aromatic N) is 5. The number of carbonyl (C=O) groups is 1. The number of rotatable bonds is 9. The molecule has 4 aromatic rings. The van der Waals surface area contributed by atoms with E-state index in [-0.39, 0.29) is 16.7 Å². The lowest BCUT2D eigenvalue weighted by atomic mass is 10.1. The molecule has 0 amide bonds. The predicted molar refractivity (Wildman–Crippen MR) is 137 cm³/mol. The van der Waals surface area contributed by atoms with Crippen LogP contribution in [0.3, 0.4) is 0 Å². The number of thioether (sulfide) groups is 1. The van der Waals surface area contributed by atoms with Crippen LogP contribution in [0.15, 0.2) is 65.8 Å². The first-order chi connectivity index (χ1) is 19.0. The van der Waals surface area contributed by atoms with Gasteiger partial charge >= 0.3 is 17.9 Å². The number of alkyl halides is 2. The van der Waals surface area contributed by atoms with Crippen molar-refractivity contribution in [3.05, 3.63) is 96.6 Å². The zero-order chi connectivity index (χ0) is 29.6. The van der Waals surface area contributed by atoms with Crippen molar-refractivity contribution in [1.82, 2.24) is 9.55 Å². The molecule has 0 aliphatic heterocycles. The van der Waals surface area contributed by atoms with Crippen LogP contribution in [0.25, 0.3) is 11.0 Å². The summed E-state index contributed by atoms with van der Waals surface area (Å²) >= 11 is 0.990. The number of hydrogen-bond acceptors (Lipinski definition) is 11. The number of phenols is 1. The molecule has 1 aromatic heterocycles. The molecule has 0 saturated heterocycles. The molecule has 0 saturated carbocycles. The summed E-state index contributed by atoms with van der Waals surface area (Å²) < 4.78 is 32.7. The number of carbonyl (C=O) groups excluding carboxylic acids is 1. The average Bonchev–Trinajstić information content (AvgIpc) is 3.30. The Hall–Kier alpha value is -5.19. The minimum Gasteiger partial charge on any atom is -0.497 e. The summed E-state index contributed by atoms with van der Waals surface area (Å²) in [4.78, 5) is 44.3. The minimum atomic E-state index is -2.72. The van der Waals surface area contributed by atoms with E-state index in [1.165, 1.54) is 7.11 Å². The summed E-state index contributed by atoms with van der Waals surface area (Å²) in [6.07, 6.45) is 0. The minimum absolute atomic E-state index is 0.00356. The molecule has 0 aliphatic rings. The number of methoxy groups -OCH3 is 1. The van der Waals surface area contributed by atoms with Gasteiger partial charge in [0.25, 0.3) is 11.4 Å². The number of aromatic nitrogens is 2. The number of ketones is 1. The second kappa shape index (κ2) is 12.6. The molecule has 0 fully saturated rings. The number of phenolic OH excluding ortho intramolecular Hbond substituents is 1. The number of nitro groups is 3. The third-order valence-corrected chi connectivity index (χ3v) is 6.11. The molecule has 0 bridgehead atoms. The maximum atomic E-state index is 13.4. The van der Waals surface area contributed by atoms with Gasteiger partial charge in [-0.05, 0) is 24.3 Å². The summed E-state index contributed by atoms with van der Waals surface area (Å²) in [5.74, 6) is -0.951. The number of hydrogen-bond donors (Lipinski definition) is 1. The Morgan fingerprint density at radius 1 is 1.00 bits per heavy atom. The van der Waals surface area contributed by atoms with Gasteiger partial charge in [-0.15, -0.1) is 0 Å². The van der Waals surface area contributed by atoms with Gasteiger partial charge in [-0.25, -0.2) is 4.98 Å². The molecule has 0 unspecified atom stereocenters. The molecule has 208 valence electrons. The van der Waals surface area contributed by atoms with Gasteiger partial charge in [-0.3, -0.25) is 39.7 Å². The van der Waals surface area contributed by atoms with Crippen molar-refractivity contribution in [2.75, 3.05) is 12.9 Å². The van der Waals surface area contributed by atoms with Crippen molar-refractivity contribution in [1.29, 1.82) is 0 Å². The lowest BCUT2D eigenvalue weighted by Crippen LogP contribution is -2.07. The molecule has 0 atom stereocenters. The van der Waals surface area contributed by atoms with E-state index >= 15 is 0 Å². The van der Waals surface area contributed by atoms with Gasteiger partial charge in [0.1, 0.15) is 5.75 Å². The van der Waals surface area contributed by atoms with Gasteiger partial charge in [0, 0.05) is 0 Å². The first-order valence-electron chi connectivity index (χ1n) is 10.8. The lowest BCUT2D eigenvalue weighted by molar-refractivity contribution is -0.404. The molecular formula is C23H17F2N5O9S. The van der Waals surface area contributed by atoms with Crippen LogP contribution in [0, 0.1) is 30.3 Å². The number of para-hydroxylation sites is 3. The summed E-state index contributed by atoms with van der Waals surface area (Å²) in [5.41, 5.74) is -1.75. The molecule has 14 nitrogen and oxygen atoms in total. The Kier molecular flexibility index (Phi) is 9.23. The van der Waals surface area contributed by atoms with Gasteiger partial charge < -0.3 is 9.84 Å². The molecule has 0 aliphatic carbocycles. The Bertz CT molecular complexity index is 1580. The number of non-ortho nitro benzene ring substituents is 1. The Morgan fingerprint density at radius 3 is 2.12 bits per heavy atom. The summed E-state index contributed by atoms with van der Waals surface area (Å²) in [6, 6.07) is 14.4. The number of Topliss-reactive ketones (excluding diaryl/α,β-unsaturated/α-hetero) is 1. The zero-order valence-electron chi connectivity index (χ0n) is 20.2. The SMILES string of the molecule is COc1ccccc1C(=O)CSc1nc2ccccc2n1C(F)F.O=[N+]([O-])c1cc([N+](=O)[O-])c(O)c([N+](=O)[O-])c1. The Morgan fingerprint density at radius 2 is 1.57 bits per heavy atom. The van der Waals surface area contributed by atoms with Crippen molar-refractivity contribution in [3.8, 4) is 11.5 Å². The highest BCUT2D eigenvalue weighted by molar-refractivity contribution is 7.99. The molecule has 1 N–H and O–H groups in total. The third-order valence-electron chi connectivity index (χ3n) is 5.16. The molecule has 0 radical (unpaired) electrons. The molecule has 3 aromatic carbocycles. The molecular weight excluding hydrogens is 560 g/mol. The number of halogens is 2. The fourth-order valence-electron chi connectivity index (χ4n) is 3.37. The van der Waals surface area contributed by atoms with Gasteiger partial charge in [-0.2, -0.15) is 8.78 Å². The number of aromatic hydroxyl groups is 1. The number of nitro benzene ring substituents is 3. The van der Waals surface area contributed by atoms with E-state index in [1.54, 1.807) is 48.5 Å². The third kappa shape index (κ3) is 6.44. The van der Waals surface area contributed by atoms with Crippen LogP contribution in [0.5, 0.6) is 11.5 Å². The van der Waals surface area contributed by atoms with Crippen molar-refractivity contribution < 1.29 is 38.2 Å². The van der Waals surface area contributed by atoms with E-state index < -0.39 is 44.1 Å². The van der Waals surface area contributed by atoms with E-state index in [2.05, 4.69) is 4.98 Å². The van der Waals surface area contributed by atoms with Crippen molar-refractivity contribution in [3.63, 3.8) is 0 Å². The smallest absolute Gasteiger partial charge is 0.324 e. The second-order valence-electron chi connectivity index (χ2n) is 7.55. The summed E-state index contributed by atoms with van der Waals surface area (Å²) in [7, 11) is 1.48. The van der Waals surface area contributed by atoms with Crippen molar-refractivity contribution >= 4 is 45.6 Å². The van der Waals surface area contributed by atoms with Gasteiger partial charge in [0.2, 0.25) is 0 Å². The van der Waals surface area contributed by atoms with Gasteiger partial charge in [-0.1, -0.05) is 36.0 Å². The summed E-state index contributed by atoms with van der Waals surface area (Å²) in [6.45, 7) is -2.72. The van der Waals surface area contributed by atoms with Crippen LogP contribution in [0.1, 0.15) is 16.9 Å². The standard InChI is InChI=1S/C17H14F2N2O2S.C6H3N3O7/c1-23-15-9-5-2-6-11(15)14(22)10-24-17-20-12-7-3-4-8-13(12)21(17)16(18)19;10-6-4(8(13)14)1-3(7(11)12)2-5(6)9(15)16/h2-9,16H,10H2,1H3;1-2,10H. The van der Waals surface area contributed by atoms with Gasteiger partial charge in [0.15, 0.2) is 10.9 Å². The fraction of sp³-hybridized carbons (Fsp3) is 0.130. The Labute approximate surface area is 226 Å². The van der Waals surface area contributed by atoms with E-state index in [1.807, 2.05) is 0 Å². The van der Waals surface area contributed by atoms with E-state index in [4.69, 9.17) is 9.84 Å². The van der Waals surface area contributed by atoms with Crippen LogP contribution < -0.4 is 4.74 Å². The monoisotopic (exact) mass is 577 g/mol. The number of fused-ring (bicyclic) bond motifs is 1. The molecule has 40 heavy (non-hydrogen) atoms. The number of ether oxygens (including phenoxy) is 1. The molecule has 0 spiro atoms. The average molecular weight is 577 g/mol. The highest BCUT2D eigenvalue weighted by Crippen LogP contribution is 2.39. The predicted octanol–water partition coefficient (Wildman–Crippen LogP) is 5.53. The van der Waals surface area contributed by atoms with Crippen LogP contribution in [-0.2, 0) is 0 Å². The van der Waals surface area contributed by atoms with E-state index in [0.29, 0.717) is 34.5 Å².